The second-order valence-corrected chi connectivity index (χ2v) is 5.81. The number of carboxylic acids is 1. The molecule has 1 aromatic heterocycles. The smallest absolute Gasteiger partial charge is 0.340 e. The second-order valence-electron chi connectivity index (χ2n) is 4.15. The molecule has 0 bridgehead atoms. The Labute approximate surface area is 111 Å². The number of carbonyl (C=O) groups is 1. The summed E-state index contributed by atoms with van der Waals surface area (Å²) >= 11 is 0. The highest BCUT2D eigenvalue weighted by molar-refractivity contribution is 7.89. The number of rotatable bonds is 5. The van der Waals surface area contributed by atoms with Gasteiger partial charge in [-0.05, 0) is 20.8 Å². The van der Waals surface area contributed by atoms with E-state index in [0.29, 0.717) is 0 Å². The van der Waals surface area contributed by atoms with E-state index in [0.717, 1.165) is 0 Å². The molecule has 0 radical (unpaired) electrons. The Kier molecular flexibility index (Phi) is 4.39. The molecule has 0 aromatic carbocycles. The number of hydrogen-bond acceptors (Lipinski definition) is 4. The summed E-state index contributed by atoms with van der Waals surface area (Å²) in [5.41, 5.74) is -0.349. The van der Waals surface area contributed by atoms with E-state index in [1.54, 1.807) is 6.92 Å². The van der Waals surface area contributed by atoms with Crippen molar-refractivity contribution in [3.05, 3.63) is 17.1 Å². The van der Waals surface area contributed by atoms with Crippen molar-refractivity contribution >= 4 is 16.0 Å². The van der Waals surface area contributed by atoms with Crippen molar-refractivity contribution in [1.82, 2.24) is 4.72 Å². The van der Waals surface area contributed by atoms with Gasteiger partial charge in [0.25, 0.3) is 0 Å². The van der Waals surface area contributed by atoms with Gasteiger partial charge >= 0.3 is 5.97 Å². The third kappa shape index (κ3) is 3.16. The van der Waals surface area contributed by atoms with Gasteiger partial charge in [0.2, 0.25) is 10.0 Å². The molecule has 1 aromatic rings. The normalized spacial score (nSPS) is 12.9. The number of terminal acetylenes is 1. The van der Waals surface area contributed by atoms with Crippen molar-refractivity contribution in [3.8, 4) is 12.3 Å². The number of carboxylic acid groups (broad SMARTS) is 1. The topological polar surface area (TPSA) is 96.6 Å². The largest absolute Gasteiger partial charge is 0.478 e. The standard InChI is InChI=1S/C12H15NO5S/c1-5-6-7(2)13-19(16,17)11-9(4)18-8(3)10(11)12(14)15/h1,7,13H,6H2,2-4H3,(H,14,15). The molecule has 1 heterocycles. The van der Waals surface area contributed by atoms with Gasteiger partial charge in [0.1, 0.15) is 22.0 Å². The quantitative estimate of drug-likeness (QED) is 0.794. The van der Waals surface area contributed by atoms with Gasteiger partial charge in [0.05, 0.1) is 0 Å². The van der Waals surface area contributed by atoms with Crippen LogP contribution in [0.3, 0.4) is 0 Å². The van der Waals surface area contributed by atoms with Crippen LogP contribution in [0.15, 0.2) is 9.31 Å². The minimum Gasteiger partial charge on any atom is -0.478 e. The molecule has 0 aliphatic heterocycles. The number of aromatic carboxylic acids is 1. The van der Waals surface area contributed by atoms with Crippen molar-refractivity contribution in [2.75, 3.05) is 0 Å². The Hall–Kier alpha value is -1.78. The van der Waals surface area contributed by atoms with Crippen LogP contribution in [-0.4, -0.2) is 25.5 Å². The first-order valence-corrected chi connectivity index (χ1v) is 6.98. The number of sulfonamides is 1. The molecule has 1 atom stereocenters. The zero-order chi connectivity index (χ0) is 14.8. The third-order valence-electron chi connectivity index (χ3n) is 2.47. The Morgan fingerprint density at radius 2 is 2.05 bits per heavy atom. The third-order valence-corrected chi connectivity index (χ3v) is 4.21. The van der Waals surface area contributed by atoms with Crippen LogP contribution in [0.4, 0.5) is 0 Å². The summed E-state index contributed by atoms with van der Waals surface area (Å²) in [4.78, 5) is 10.8. The van der Waals surface area contributed by atoms with E-state index in [1.807, 2.05) is 0 Å². The maximum atomic E-state index is 12.2. The molecule has 0 fully saturated rings. The summed E-state index contributed by atoms with van der Waals surface area (Å²) in [5.74, 6) is 1.07. The zero-order valence-electron chi connectivity index (χ0n) is 10.9. The summed E-state index contributed by atoms with van der Waals surface area (Å²) in [5, 5.41) is 9.08. The maximum Gasteiger partial charge on any atom is 0.340 e. The van der Waals surface area contributed by atoms with Crippen LogP contribution in [0.5, 0.6) is 0 Å². The maximum absolute atomic E-state index is 12.2. The number of nitrogens with one attached hydrogen (secondary N) is 1. The van der Waals surface area contributed by atoms with Gasteiger partial charge in [0.15, 0.2) is 0 Å². The molecular weight excluding hydrogens is 270 g/mol. The average Bonchev–Trinajstić information content (AvgIpc) is 2.53. The summed E-state index contributed by atoms with van der Waals surface area (Å²) in [6.45, 7) is 4.40. The van der Waals surface area contributed by atoms with Crippen LogP contribution in [0.1, 0.15) is 35.2 Å². The fourth-order valence-corrected chi connectivity index (χ4v) is 3.43. The van der Waals surface area contributed by atoms with Crippen LogP contribution >= 0.6 is 0 Å². The van der Waals surface area contributed by atoms with Gasteiger partial charge in [-0.15, -0.1) is 12.3 Å². The van der Waals surface area contributed by atoms with E-state index in [1.165, 1.54) is 13.8 Å². The molecule has 0 spiro atoms. The molecule has 6 nitrogen and oxygen atoms in total. The Morgan fingerprint density at radius 3 is 2.53 bits per heavy atom. The van der Waals surface area contributed by atoms with Crippen molar-refractivity contribution in [2.24, 2.45) is 0 Å². The van der Waals surface area contributed by atoms with Crippen LogP contribution in [-0.2, 0) is 10.0 Å². The lowest BCUT2D eigenvalue weighted by molar-refractivity contribution is 0.0691. The molecule has 1 unspecified atom stereocenters. The van der Waals surface area contributed by atoms with Gasteiger partial charge < -0.3 is 9.52 Å². The van der Waals surface area contributed by atoms with E-state index < -0.39 is 22.0 Å². The van der Waals surface area contributed by atoms with Crippen LogP contribution in [0, 0.1) is 26.2 Å². The van der Waals surface area contributed by atoms with Crippen LogP contribution < -0.4 is 4.72 Å². The summed E-state index contributed by atoms with van der Waals surface area (Å²) in [7, 11) is -3.99. The minimum absolute atomic E-state index is 0.0373. The molecule has 0 saturated carbocycles. The molecule has 1 rings (SSSR count). The monoisotopic (exact) mass is 285 g/mol. The Bertz CT molecular complexity index is 636. The van der Waals surface area contributed by atoms with E-state index in [4.69, 9.17) is 15.9 Å². The highest BCUT2D eigenvalue weighted by Gasteiger charge is 2.31. The first kappa shape index (κ1) is 15.3. The van der Waals surface area contributed by atoms with Crippen molar-refractivity contribution in [3.63, 3.8) is 0 Å². The van der Waals surface area contributed by atoms with E-state index >= 15 is 0 Å². The van der Waals surface area contributed by atoms with Crippen molar-refractivity contribution in [1.29, 1.82) is 0 Å². The van der Waals surface area contributed by atoms with Gasteiger partial charge in [0, 0.05) is 12.5 Å². The Balaban J connectivity index is 3.30. The first-order valence-electron chi connectivity index (χ1n) is 5.49. The predicted octanol–water partition coefficient (Wildman–Crippen LogP) is 1.28. The lowest BCUT2D eigenvalue weighted by atomic mass is 10.2. The number of furan rings is 1. The molecule has 0 aliphatic rings. The van der Waals surface area contributed by atoms with Gasteiger partial charge in [-0.2, -0.15) is 0 Å². The first-order chi connectivity index (χ1) is 8.70. The highest BCUT2D eigenvalue weighted by Crippen LogP contribution is 2.26. The second kappa shape index (κ2) is 5.47. The molecule has 2 N–H and O–H groups in total. The lowest BCUT2D eigenvalue weighted by Gasteiger charge is -2.11. The van der Waals surface area contributed by atoms with E-state index in [-0.39, 0.29) is 28.4 Å². The molecule has 7 heteroatoms. The number of aryl methyl sites for hydroxylation is 2. The molecule has 104 valence electrons. The summed E-state index contributed by atoms with van der Waals surface area (Å²) in [6.07, 6.45) is 5.31. The summed E-state index contributed by atoms with van der Waals surface area (Å²) < 4.78 is 31.8. The fourth-order valence-electron chi connectivity index (χ4n) is 1.78. The van der Waals surface area contributed by atoms with E-state index in [2.05, 4.69) is 10.6 Å². The van der Waals surface area contributed by atoms with Gasteiger partial charge in [-0.25, -0.2) is 17.9 Å². The average molecular weight is 285 g/mol. The minimum atomic E-state index is -3.99. The van der Waals surface area contributed by atoms with Gasteiger partial charge in [-0.1, -0.05) is 0 Å². The molecule has 0 saturated heterocycles. The lowest BCUT2D eigenvalue weighted by Crippen LogP contribution is -2.33. The van der Waals surface area contributed by atoms with E-state index in [9.17, 15) is 13.2 Å². The summed E-state index contributed by atoms with van der Waals surface area (Å²) in [6, 6.07) is -0.494. The SMILES string of the molecule is C#CCC(C)NS(=O)(=O)c1c(C)oc(C)c1C(=O)O. The molecule has 19 heavy (non-hydrogen) atoms. The van der Waals surface area contributed by atoms with Crippen LogP contribution in [0.2, 0.25) is 0 Å². The fraction of sp³-hybridized carbons (Fsp3) is 0.417. The Morgan fingerprint density at radius 1 is 1.47 bits per heavy atom. The molecule has 0 amide bonds. The van der Waals surface area contributed by atoms with Crippen molar-refractivity contribution in [2.45, 2.75) is 38.1 Å². The van der Waals surface area contributed by atoms with Crippen LogP contribution in [0.25, 0.3) is 0 Å². The highest BCUT2D eigenvalue weighted by atomic mass is 32.2. The number of hydrogen-bond donors (Lipinski definition) is 2. The predicted molar refractivity (Wildman–Crippen MR) is 68.4 cm³/mol. The molecule has 0 aliphatic carbocycles. The van der Waals surface area contributed by atoms with Crippen molar-refractivity contribution < 1.29 is 22.7 Å². The molecular formula is C12H15NO5S. The zero-order valence-corrected chi connectivity index (χ0v) is 11.7. The van der Waals surface area contributed by atoms with Gasteiger partial charge in [-0.3, -0.25) is 0 Å².